The van der Waals surface area contributed by atoms with E-state index in [2.05, 4.69) is 41.2 Å². The molecule has 2 spiro atoms. The third kappa shape index (κ3) is 3.08. The molecule has 5 rings (SSSR count). The topological polar surface area (TPSA) is 82.8 Å². The molecule has 0 saturated carbocycles. The van der Waals surface area contributed by atoms with Crippen molar-refractivity contribution in [1.29, 1.82) is 0 Å². The minimum absolute atomic E-state index is 0.0326. The average molecular weight is 405 g/mol. The number of aliphatic carboxylic acids is 1. The summed E-state index contributed by atoms with van der Waals surface area (Å²) >= 11 is 0. The average Bonchev–Trinajstić information content (AvgIpc) is 2.96. The highest BCUT2D eigenvalue weighted by molar-refractivity contribution is 5.81. The monoisotopic (exact) mass is 404 g/mol. The van der Waals surface area contributed by atoms with Crippen LogP contribution in [-0.4, -0.2) is 57.4 Å². The number of carboxylic acids is 1. The van der Waals surface area contributed by atoms with Gasteiger partial charge in [0.15, 0.2) is 11.6 Å². The molecule has 2 saturated heterocycles. The van der Waals surface area contributed by atoms with E-state index in [1.807, 2.05) is 0 Å². The Labute approximate surface area is 172 Å². The zero-order valence-electron chi connectivity index (χ0n) is 17.5. The van der Waals surface area contributed by atoms with Crippen molar-refractivity contribution >= 4 is 11.9 Å². The number of guanidine groups is 1. The number of allylic oxidation sites excluding steroid dienone is 1. The van der Waals surface area contributed by atoms with Crippen LogP contribution in [-0.2, 0) is 14.3 Å². The molecule has 3 N–H and O–H groups in total. The fraction of sp³-hybridized carbons (Fsp3) is 0.818. The molecule has 0 radical (unpaired) electrons. The zero-order valence-corrected chi connectivity index (χ0v) is 17.5. The molecule has 29 heavy (non-hydrogen) atoms. The van der Waals surface area contributed by atoms with E-state index in [0.29, 0.717) is 6.04 Å². The van der Waals surface area contributed by atoms with Crippen LogP contribution in [0.2, 0.25) is 0 Å². The van der Waals surface area contributed by atoms with Crippen LogP contribution in [0.1, 0.15) is 71.6 Å². The van der Waals surface area contributed by atoms with Crippen molar-refractivity contribution in [3.05, 3.63) is 12.2 Å². The second-order valence-electron chi connectivity index (χ2n) is 9.56. The zero-order chi connectivity index (χ0) is 20.2. The first-order valence-corrected chi connectivity index (χ1v) is 11.4. The lowest BCUT2D eigenvalue weighted by atomic mass is 9.80. The molecule has 7 nitrogen and oxygen atoms in total. The lowest BCUT2D eigenvalue weighted by Crippen LogP contribution is -2.76. The van der Waals surface area contributed by atoms with Crippen molar-refractivity contribution in [2.75, 3.05) is 0 Å². The molecular formula is C22H34N3O4+. The third-order valence-electron chi connectivity index (χ3n) is 7.61. The normalized spacial score (nSPS) is 46.2. The lowest BCUT2D eigenvalue weighted by Gasteiger charge is -2.50. The van der Waals surface area contributed by atoms with Gasteiger partial charge in [0.2, 0.25) is 5.72 Å². The van der Waals surface area contributed by atoms with Gasteiger partial charge in [-0.2, -0.15) is 0 Å². The Hall–Kier alpha value is -1.60. The molecule has 0 aromatic rings. The van der Waals surface area contributed by atoms with Crippen LogP contribution in [0, 0.1) is 5.92 Å². The summed E-state index contributed by atoms with van der Waals surface area (Å²) in [7, 11) is 0. The Morgan fingerprint density at radius 2 is 2.14 bits per heavy atom. The summed E-state index contributed by atoms with van der Waals surface area (Å²) in [6.07, 6.45) is 12.9. The Kier molecular flexibility index (Phi) is 4.66. The van der Waals surface area contributed by atoms with Crippen molar-refractivity contribution in [1.82, 2.24) is 10.6 Å². The van der Waals surface area contributed by atoms with E-state index in [9.17, 15) is 9.90 Å². The summed E-state index contributed by atoms with van der Waals surface area (Å²) < 4.78 is 15.3. The van der Waals surface area contributed by atoms with Crippen LogP contribution >= 0.6 is 0 Å². The summed E-state index contributed by atoms with van der Waals surface area (Å²) in [6, 6.07) is 0.273. The molecule has 2 fully saturated rings. The highest BCUT2D eigenvalue weighted by atomic mass is 16.5. The van der Waals surface area contributed by atoms with Gasteiger partial charge in [0.05, 0.1) is 24.3 Å². The highest BCUT2D eigenvalue weighted by Gasteiger charge is 2.64. The van der Waals surface area contributed by atoms with Gasteiger partial charge in [-0.05, 0) is 45.4 Å². The Morgan fingerprint density at radius 1 is 1.28 bits per heavy atom. The van der Waals surface area contributed by atoms with E-state index < -0.39 is 23.3 Å². The van der Waals surface area contributed by atoms with E-state index in [1.165, 1.54) is 0 Å². The summed E-state index contributed by atoms with van der Waals surface area (Å²) in [5.74, 6) is -0.389. The van der Waals surface area contributed by atoms with Gasteiger partial charge in [0.25, 0.3) is 0 Å². The minimum Gasteiger partial charge on any atom is -0.481 e. The Balaban J connectivity index is 1.52. The molecule has 5 aliphatic heterocycles. The predicted molar refractivity (Wildman–Crippen MR) is 107 cm³/mol. The molecule has 1 unspecified atom stereocenters. The molecule has 5 aliphatic rings. The van der Waals surface area contributed by atoms with Gasteiger partial charge in [-0.1, -0.05) is 19.1 Å². The van der Waals surface area contributed by atoms with E-state index in [4.69, 9.17) is 9.47 Å². The van der Waals surface area contributed by atoms with Crippen molar-refractivity contribution < 1.29 is 24.0 Å². The van der Waals surface area contributed by atoms with E-state index in [0.717, 1.165) is 63.7 Å². The molecule has 0 bridgehead atoms. The second kappa shape index (κ2) is 6.98. The number of carbonyl (C=O) groups is 1. The van der Waals surface area contributed by atoms with Crippen LogP contribution in [0.25, 0.3) is 0 Å². The first-order valence-electron chi connectivity index (χ1n) is 11.4. The van der Waals surface area contributed by atoms with Crippen molar-refractivity contribution in [3.8, 4) is 0 Å². The van der Waals surface area contributed by atoms with Crippen LogP contribution < -0.4 is 10.6 Å². The van der Waals surface area contributed by atoms with Crippen LogP contribution in [0.5, 0.6) is 0 Å². The molecule has 7 atom stereocenters. The van der Waals surface area contributed by atoms with Crippen molar-refractivity contribution in [2.24, 2.45) is 5.92 Å². The van der Waals surface area contributed by atoms with Gasteiger partial charge in [-0.25, -0.2) is 10.6 Å². The summed E-state index contributed by atoms with van der Waals surface area (Å²) in [4.78, 5) is 12.4. The number of nitrogens with zero attached hydrogens (tertiary/aromatic N) is 1. The van der Waals surface area contributed by atoms with Crippen LogP contribution in [0.4, 0.5) is 0 Å². The summed E-state index contributed by atoms with van der Waals surface area (Å²) in [5.41, 5.74) is -1.24. The third-order valence-corrected chi connectivity index (χ3v) is 7.61. The molecular weight excluding hydrogens is 370 g/mol. The lowest BCUT2D eigenvalue weighted by molar-refractivity contribution is -0.609. The second-order valence-corrected chi connectivity index (χ2v) is 9.56. The molecule has 0 amide bonds. The van der Waals surface area contributed by atoms with Gasteiger partial charge in [-0.15, -0.1) is 0 Å². The van der Waals surface area contributed by atoms with E-state index >= 15 is 0 Å². The standard InChI is InChI=1S/C22H33N3O4/c1-3-16-8-4-5-11-21(29-16)13-15-9-10-17-18(19(26)27)22(12-6-7-14(2)28-22)24-20(23-21)25(15)17/h4,8,14-18H,3,5-7,9-13H2,1-2H3,(H2,23,24,26,27)/p+1/t14?,15-,16-,17+,18+,21-,22+/m0/s1. The first-order chi connectivity index (χ1) is 14.0. The van der Waals surface area contributed by atoms with Gasteiger partial charge in [-0.3, -0.25) is 9.37 Å². The number of carboxylic acid groups (broad SMARTS) is 1. The summed E-state index contributed by atoms with van der Waals surface area (Å²) in [6.45, 7) is 4.21. The van der Waals surface area contributed by atoms with Gasteiger partial charge >= 0.3 is 11.9 Å². The predicted octanol–water partition coefficient (Wildman–Crippen LogP) is 2.31. The van der Waals surface area contributed by atoms with Crippen LogP contribution in [0.15, 0.2) is 12.2 Å². The molecule has 0 aliphatic carbocycles. The fourth-order valence-corrected chi connectivity index (χ4v) is 6.41. The minimum atomic E-state index is -0.840. The van der Waals surface area contributed by atoms with Crippen molar-refractivity contribution in [2.45, 2.75) is 107 Å². The molecule has 7 heteroatoms. The van der Waals surface area contributed by atoms with E-state index in [-0.39, 0.29) is 18.2 Å². The summed E-state index contributed by atoms with van der Waals surface area (Å²) in [5, 5.41) is 17.5. The van der Waals surface area contributed by atoms with Crippen LogP contribution in [0.3, 0.4) is 0 Å². The van der Waals surface area contributed by atoms with Gasteiger partial charge in [0.1, 0.15) is 0 Å². The molecule has 0 aromatic heterocycles. The number of ether oxygens (including phenoxy) is 2. The maximum atomic E-state index is 12.4. The van der Waals surface area contributed by atoms with Gasteiger partial charge in [0, 0.05) is 19.3 Å². The van der Waals surface area contributed by atoms with Crippen molar-refractivity contribution in [3.63, 3.8) is 0 Å². The number of hydrogen-bond donors (Lipinski definition) is 3. The Bertz CT molecular complexity index is 752. The SMILES string of the molecule is CC[C@H]1C=CCC[C@@]2(C[C@@H]3CC[C@@H]4[C@H](C(=O)O)[C@]5(CCCC(C)O5)NC(=[N+]34)N2)O1. The Morgan fingerprint density at radius 3 is 2.90 bits per heavy atom. The smallest absolute Gasteiger partial charge is 0.350 e. The van der Waals surface area contributed by atoms with E-state index in [1.54, 1.807) is 0 Å². The number of nitrogens with one attached hydrogen (secondary N) is 2. The highest BCUT2D eigenvalue weighted by Crippen LogP contribution is 2.45. The number of rotatable bonds is 2. The maximum Gasteiger partial charge on any atom is 0.350 e. The molecule has 0 aromatic carbocycles. The molecule has 160 valence electrons. The maximum absolute atomic E-state index is 12.4. The van der Waals surface area contributed by atoms with Gasteiger partial charge < -0.3 is 14.6 Å². The quantitative estimate of drug-likeness (QED) is 0.484. The first kappa shape index (κ1) is 19.4. The fourth-order valence-electron chi connectivity index (χ4n) is 6.41. The largest absolute Gasteiger partial charge is 0.481 e. The molecule has 5 heterocycles. The number of hydrogen-bond acceptors (Lipinski definition) is 5.